The molecule has 1 aromatic carbocycles. The zero-order valence-corrected chi connectivity index (χ0v) is 16.2. The van der Waals surface area contributed by atoms with Crippen molar-refractivity contribution in [2.24, 2.45) is 5.41 Å². The topological polar surface area (TPSA) is 50.2 Å². The van der Waals surface area contributed by atoms with Crippen molar-refractivity contribution >= 4 is 5.91 Å². The molecule has 1 unspecified atom stereocenters. The minimum absolute atomic E-state index is 0.0160. The zero-order valence-electron chi connectivity index (χ0n) is 16.2. The second-order valence-electron chi connectivity index (χ2n) is 8.31. The summed E-state index contributed by atoms with van der Waals surface area (Å²) in [5, 5.41) is 3.34. The van der Waals surface area contributed by atoms with Crippen molar-refractivity contribution in [3.05, 3.63) is 65.8 Å². The van der Waals surface area contributed by atoms with Gasteiger partial charge in [-0.15, -0.1) is 0 Å². The molecule has 0 radical (unpaired) electrons. The molecule has 2 saturated heterocycles. The summed E-state index contributed by atoms with van der Waals surface area (Å²) in [6.45, 7) is 7.93. The van der Waals surface area contributed by atoms with Gasteiger partial charge in [-0.2, -0.15) is 0 Å². The van der Waals surface area contributed by atoms with Crippen molar-refractivity contribution in [2.75, 3.05) is 19.6 Å². The minimum atomic E-state index is 0.0160. The van der Waals surface area contributed by atoms with E-state index in [9.17, 15) is 4.79 Å². The summed E-state index contributed by atoms with van der Waals surface area (Å²) in [4.78, 5) is 19.6. The Labute approximate surface area is 161 Å². The molecule has 2 fully saturated rings. The monoisotopic (exact) mass is 364 g/mol. The molecular weight excluding hydrogens is 336 g/mol. The van der Waals surface area contributed by atoms with Gasteiger partial charge in [-0.1, -0.05) is 49.8 Å². The van der Waals surface area contributed by atoms with Crippen LogP contribution in [-0.2, 0) is 11.3 Å². The first-order valence-electron chi connectivity index (χ1n) is 9.80. The molecule has 5 nitrogen and oxygen atoms in total. The van der Waals surface area contributed by atoms with Crippen LogP contribution in [0.4, 0.5) is 0 Å². The fraction of sp³-hybridized carbons (Fsp3) is 0.455. The standard InChI is InChI=1S/C22H28N4O/c1-22(2)16-26(19(27)14-17-8-10-23-11-9-17)20(22)21-24-12-13-25(21)15-18-6-4-3-5-7-18/h3-7,12-14,20,23H,8-11,15-16H2,1-2H3. The summed E-state index contributed by atoms with van der Waals surface area (Å²) >= 11 is 0. The Morgan fingerprint density at radius 1 is 1.26 bits per heavy atom. The quantitative estimate of drug-likeness (QED) is 0.848. The lowest BCUT2D eigenvalue weighted by Crippen LogP contribution is -2.58. The summed E-state index contributed by atoms with van der Waals surface area (Å²) in [5.74, 6) is 1.11. The van der Waals surface area contributed by atoms with Crippen LogP contribution in [0, 0.1) is 5.41 Å². The Balaban J connectivity index is 1.56. The van der Waals surface area contributed by atoms with Crippen molar-refractivity contribution in [3.63, 3.8) is 0 Å². The van der Waals surface area contributed by atoms with Gasteiger partial charge in [0, 0.05) is 37.0 Å². The van der Waals surface area contributed by atoms with E-state index in [1.807, 2.05) is 29.4 Å². The Bertz CT molecular complexity index is 829. The largest absolute Gasteiger partial charge is 0.329 e. The summed E-state index contributed by atoms with van der Waals surface area (Å²) < 4.78 is 2.18. The number of piperidine rings is 1. The molecule has 0 aliphatic carbocycles. The number of nitrogens with zero attached hydrogens (tertiary/aromatic N) is 3. The van der Waals surface area contributed by atoms with Gasteiger partial charge >= 0.3 is 0 Å². The fourth-order valence-corrected chi connectivity index (χ4v) is 4.25. The molecule has 1 amide bonds. The van der Waals surface area contributed by atoms with Gasteiger partial charge in [-0.25, -0.2) is 4.98 Å². The molecule has 0 spiro atoms. The van der Waals surface area contributed by atoms with Crippen LogP contribution in [-0.4, -0.2) is 40.0 Å². The van der Waals surface area contributed by atoms with Gasteiger partial charge in [0.05, 0.1) is 6.04 Å². The fourth-order valence-electron chi connectivity index (χ4n) is 4.25. The van der Waals surface area contributed by atoms with E-state index in [0.717, 1.165) is 44.8 Å². The van der Waals surface area contributed by atoms with E-state index in [4.69, 9.17) is 0 Å². The van der Waals surface area contributed by atoms with Crippen LogP contribution in [0.1, 0.15) is 44.1 Å². The van der Waals surface area contributed by atoms with Crippen LogP contribution >= 0.6 is 0 Å². The van der Waals surface area contributed by atoms with Gasteiger partial charge in [0.15, 0.2) is 0 Å². The van der Waals surface area contributed by atoms with Crippen molar-refractivity contribution in [1.82, 2.24) is 19.8 Å². The second-order valence-corrected chi connectivity index (χ2v) is 8.31. The molecule has 5 heteroatoms. The zero-order chi connectivity index (χ0) is 18.9. The number of hydrogen-bond donors (Lipinski definition) is 1. The van der Waals surface area contributed by atoms with E-state index in [2.05, 4.69) is 53.0 Å². The van der Waals surface area contributed by atoms with E-state index in [-0.39, 0.29) is 17.4 Å². The summed E-state index contributed by atoms with van der Waals surface area (Å²) in [6.07, 6.45) is 7.67. The number of carbonyl (C=O) groups is 1. The normalized spacial score (nSPS) is 21.6. The molecule has 0 saturated carbocycles. The van der Waals surface area contributed by atoms with Crippen LogP contribution in [0.3, 0.4) is 0 Å². The number of amides is 1. The molecule has 1 aromatic heterocycles. The van der Waals surface area contributed by atoms with E-state index in [1.165, 1.54) is 11.1 Å². The third kappa shape index (κ3) is 3.69. The molecule has 142 valence electrons. The minimum Gasteiger partial charge on any atom is -0.329 e. The number of benzene rings is 1. The molecule has 1 N–H and O–H groups in total. The lowest BCUT2D eigenvalue weighted by atomic mass is 9.74. The number of nitrogens with one attached hydrogen (secondary N) is 1. The molecule has 27 heavy (non-hydrogen) atoms. The lowest BCUT2D eigenvalue weighted by molar-refractivity contribution is -0.147. The highest BCUT2D eigenvalue weighted by atomic mass is 16.2. The molecule has 0 bridgehead atoms. The van der Waals surface area contributed by atoms with Crippen molar-refractivity contribution < 1.29 is 4.79 Å². The van der Waals surface area contributed by atoms with Crippen molar-refractivity contribution in [2.45, 2.75) is 39.3 Å². The van der Waals surface area contributed by atoms with E-state index in [1.54, 1.807) is 0 Å². The smallest absolute Gasteiger partial charge is 0.247 e. The van der Waals surface area contributed by atoms with Crippen molar-refractivity contribution in [3.8, 4) is 0 Å². The second kappa shape index (κ2) is 7.31. The molecule has 2 aromatic rings. The predicted octanol–water partition coefficient (Wildman–Crippen LogP) is 3.15. The maximum Gasteiger partial charge on any atom is 0.247 e. The molecule has 2 aliphatic rings. The molecular formula is C22H28N4O. The van der Waals surface area contributed by atoms with Gasteiger partial charge in [-0.3, -0.25) is 4.79 Å². The van der Waals surface area contributed by atoms with Crippen molar-refractivity contribution in [1.29, 1.82) is 0 Å². The van der Waals surface area contributed by atoms with E-state index in [0.29, 0.717) is 0 Å². The summed E-state index contributed by atoms with van der Waals surface area (Å²) in [5.41, 5.74) is 2.53. The maximum atomic E-state index is 12.9. The average molecular weight is 364 g/mol. The lowest BCUT2D eigenvalue weighted by Gasteiger charge is -2.53. The highest BCUT2D eigenvalue weighted by molar-refractivity contribution is 5.89. The van der Waals surface area contributed by atoms with Gasteiger partial charge in [0.25, 0.3) is 0 Å². The number of aromatic nitrogens is 2. The number of hydrogen-bond acceptors (Lipinski definition) is 3. The van der Waals surface area contributed by atoms with Crippen LogP contribution in [0.15, 0.2) is 54.4 Å². The van der Waals surface area contributed by atoms with Crippen LogP contribution < -0.4 is 5.32 Å². The Morgan fingerprint density at radius 2 is 2.00 bits per heavy atom. The first kappa shape index (κ1) is 18.0. The third-order valence-corrected chi connectivity index (χ3v) is 5.67. The molecule has 1 atom stereocenters. The number of rotatable bonds is 4. The number of likely N-dealkylation sites (tertiary alicyclic amines) is 1. The van der Waals surface area contributed by atoms with E-state index < -0.39 is 0 Å². The van der Waals surface area contributed by atoms with Crippen LogP contribution in [0.2, 0.25) is 0 Å². The predicted molar refractivity (Wildman–Crippen MR) is 106 cm³/mol. The average Bonchev–Trinajstić information content (AvgIpc) is 3.08. The first-order valence-corrected chi connectivity index (χ1v) is 9.80. The Morgan fingerprint density at radius 3 is 2.70 bits per heavy atom. The molecule has 3 heterocycles. The van der Waals surface area contributed by atoms with Gasteiger partial charge in [-0.05, 0) is 31.5 Å². The van der Waals surface area contributed by atoms with Crippen LogP contribution in [0.25, 0.3) is 0 Å². The van der Waals surface area contributed by atoms with Gasteiger partial charge in [0.2, 0.25) is 5.91 Å². The highest BCUT2D eigenvalue weighted by Crippen LogP contribution is 2.48. The Hall–Kier alpha value is -2.40. The number of carbonyl (C=O) groups excluding carboxylic acids is 1. The van der Waals surface area contributed by atoms with E-state index >= 15 is 0 Å². The maximum absolute atomic E-state index is 12.9. The highest BCUT2D eigenvalue weighted by Gasteiger charge is 2.50. The third-order valence-electron chi connectivity index (χ3n) is 5.67. The molecule has 4 rings (SSSR count). The molecule has 2 aliphatic heterocycles. The Kier molecular flexibility index (Phi) is 4.87. The van der Waals surface area contributed by atoms with Gasteiger partial charge < -0.3 is 14.8 Å². The first-order chi connectivity index (χ1) is 13.0. The SMILES string of the molecule is CC1(C)CN(C(=O)C=C2CCNCC2)C1c1nccn1Cc1ccccc1. The van der Waals surface area contributed by atoms with Gasteiger partial charge in [0.1, 0.15) is 5.82 Å². The van der Waals surface area contributed by atoms with Crippen LogP contribution in [0.5, 0.6) is 0 Å². The summed E-state index contributed by atoms with van der Waals surface area (Å²) in [7, 11) is 0. The number of imidazole rings is 1. The summed E-state index contributed by atoms with van der Waals surface area (Å²) in [6, 6.07) is 10.4.